The van der Waals surface area contributed by atoms with Crippen LogP contribution in [-0.4, -0.2) is 19.1 Å². The molecule has 4 heteroatoms. The third-order valence-corrected chi connectivity index (χ3v) is 2.71. The Bertz CT molecular complexity index is 436. The van der Waals surface area contributed by atoms with Crippen molar-refractivity contribution in [2.45, 2.75) is 34.1 Å². The number of amides is 1. The van der Waals surface area contributed by atoms with Gasteiger partial charge in [0.05, 0.1) is 11.4 Å². The van der Waals surface area contributed by atoms with Crippen molar-refractivity contribution in [3.05, 3.63) is 23.8 Å². The summed E-state index contributed by atoms with van der Waals surface area (Å²) in [5.41, 5.74) is 8.32. The molecule has 0 aliphatic rings. The molecule has 3 N–H and O–H groups in total. The normalized spacial score (nSPS) is 11.4. The molecule has 1 rings (SSSR count). The van der Waals surface area contributed by atoms with Crippen LogP contribution in [0.4, 0.5) is 11.4 Å². The van der Waals surface area contributed by atoms with E-state index in [1.807, 2.05) is 19.1 Å². The smallest absolute Gasteiger partial charge is 0.250 e. The van der Waals surface area contributed by atoms with Gasteiger partial charge in [-0.1, -0.05) is 26.8 Å². The Balaban J connectivity index is 2.35. The van der Waals surface area contributed by atoms with Crippen molar-refractivity contribution in [3.63, 3.8) is 0 Å². The van der Waals surface area contributed by atoms with E-state index < -0.39 is 0 Å². The standard InChI is InChI=1S/C15H24N2O2/c1-11-5-6-13(12(16)9-11)17-14(18)10-19-8-7-15(2,3)4/h5-6,9H,7-8,10,16H2,1-4H3,(H,17,18). The molecular formula is C15H24N2O2. The lowest BCUT2D eigenvalue weighted by Gasteiger charge is -2.17. The van der Waals surface area contributed by atoms with Gasteiger partial charge in [-0.2, -0.15) is 0 Å². The molecule has 0 fully saturated rings. The van der Waals surface area contributed by atoms with E-state index in [1.54, 1.807) is 6.07 Å². The topological polar surface area (TPSA) is 64.3 Å². The lowest BCUT2D eigenvalue weighted by molar-refractivity contribution is -0.120. The number of nitrogen functional groups attached to an aromatic ring is 1. The summed E-state index contributed by atoms with van der Waals surface area (Å²) < 4.78 is 5.35. The number of hydrogen-bond acceptors (Lipinski definition) is 3. The predicted molar refractivity (Wildman–Crippen MR) is 79.1 cm³/mol. The number of rotatable bonds is 5. The van der Waals surface area contributed by atoms with Gasteiger partial charge < -0.3 is 15.8 Å². The van der Waals surface area contributed by atoms with Crippen LogP contribution in [0.15, 0.2) is 18.2 Å². The first-order chi connectivity index (χ1) is 8.78. The Morgan fingerprint density at radius 3 is 2.63 bits per heavy atom. The lowest BCUT2D eigenvalue weighted by Crippen LogP contribution is -2.20. The van der Waals surface area contributed by atoms with Gasteiger partial charge in [-0.3, -0.25) is 4.79 Å². The maximum absolute atomic E-state index is 11.7. The molecule has 0 aromatic heterocycles. The highest BCUT2D eigenvalue weighted by Gasteiger charge is 2.10. The highest BCUT2D eigenvalue weighted by molar-refractivity contribution is 5.94. The number of ether oxygens (including phenoxy) is 1. The molecular weight excluding hydrogens is 240 g/mol. The zero-order chi connectivity index (χ0) is 14.5. The van der Waals surface area contributed by atoms with E-state index in [0.717, 1.165) is 12.0 Å². The first kappa shape index (κ1) is 15.5. The van der Waals surface area contributed by atoms with Crippen LogP contribution in [0, 0.1) is 12.3 Å². The fourth-order valence-corrected chi connectivity index (χ4v) is 1.53. The van der Waals surface area contributed by atoms with Gasteiger partial charge in [-0.25, -0.2) is 0 Å². The minimum atomic E-state index is -0.176. The van der Waals surface area contributed by atoms with E-state index in [2.05, 4.69) is 26.1 Å². The number of hydrogen-bond donors (Lipinski definition) is 2. The molecule has 0 saturated heterocycles. The summed E-state index contributed by atoms with van der Waals surface area (Å²) in [4.78, 5) is 11.7. The van der Waals surface area contributed by atoms with E-state index in [-0.39, 0.29) is 17.9 Å². The molecule has 1 aromatic rings. The average Bonchev–Trinajstić information content (AvgIpc) is 2.27. The van der Waals surface area contributed by atoms with Crippen molar-refractivity contribution in [3.8, 4) is 0 Å². The van der Waals surface area contributed by atoms with Crippen LogP contribution >= 0.6 is 0 Å². The highest BCUT2D eigenvalue weighted by Crippen LogP contribution is 2.19. The van der Waals surface area contributed by atoms with Crippen LogP contribution < -0.4 is 11.1 Å². The second-order valence-electron chi connectivity index (χ2n) is 6.00. The Hall–Kier alpha value is -1.55. The van der Waals surface area contributed by atoms with E-state index in [0.29, 0.717) is 18.0 Å². The summed E-state index contributed by atoms with van der Waals surface area (Å²) in [7, 11) is 0. The number of nitrogens with two attached hydrogens (primary N) is 1. The zero-order valence-electron chi connectivity index (χ0n) is 12.2. The van der Waals surface area contributed by atoms with Crippen LogP contribution in [0.5, 0.6) is 0 Å². The molecule has 0 heterocycles. The number of carbonyl (C=O) groups is 1. The second-order valence-corrected chi connectivity index (χ2v) is 6.00. The maximum atomic E-state index is 11.7. The van der Waals surface area contributed by atoms with Crippen molar-refractivity contribution in [2.24, 2.45) is 5.41 Å². The largest absolute Gasteiger partial charge is 0.397 e. The SMILES string of the molecule is Cc1ccc(NC(=O)COCCC(C)(C)C)c(N)c1. The Morgan fingerprint density at radius 2 is 2.05 bits per heavy atom. The van der Waals surface area contributed by atoms with Gasteiger partial charge in [0.15, 0.2) is 0 Å². The van der Waals surface area contributed by atoms with E-state index >= 15 is 0 Å². The van der Waals surface area contributed by atoms with Crippen LogP contribution in [0.2, 0.25) is 0 Å². The van der Waals surface area contributed by atoms with Gasteiger partial charge in [0.25, 0.3) is 0 Å². The summed E-state index contributed by atoms with van der Waals surface area (Å²) in [6.45, 7) is 9.03. The van der Waals surface area contributed by atoms with Crippen LogP contribution in [-0.2, 0) is 9.53 Å². The third kappa shape index (κ3) is 6.25. The number of nitrogens with one attached hydrogen (secondary N) is 1. The monoisotopic (exact) mass is 264 g/mol. The predicted octanol–water partition coefficient (Wildman–Crippen LogP) is 2.97. The van der Waals surface area contributed by atoms with Crippen molar-refractivity contribution in [2.75, 3.05) is 24.3 Å². The van der Waals surface area contributed by atoms with Gasteiger partial charge in [-0.05, 0) is 36.5 Å². The molecule has 0 saturated carbocycles. The first-order valence-corrected chi connectivity index (χ1v) is 6.52. The quantitative estimate of drug-likeness (QED) is 0.635. The molecule has 0 radical (unpaired) electrons. The molecule has 0 bridgehead atoms. The van der Waals surface area contributed by atoms with Gasteiger partial charge in [-0.15, -0.1) is 0 Å². The summed E-state index contributed by atoms with van der Waals surface area (Å²) >= 11 is 0. The molecule has 0 spiro atoms. The fraction of sp³-hybridized carbons (Fsp3) is 0.533. The maximum Gasteiger partial charge on any atom is 0.250 e. The Labute approximate surface area is 115 Å². The van der Waals surface area contributed by atoms with Gasteiger partial charge in [0, 0.05) is 6.61 Å². The van der Waals surface area contributed by atoms with E-state index in [1.165, 1.54) is 0 Å². The molecule has 0 aliphatic carbocycles. The zero-order valence-corrected chi connectivity index (χ0v) is 12.2. The molecule has 0 unspecified atom stereocenters. The van der Waals surface area contributed by atoms with Crippen LogP contribution in [0.25, 0.3) is 0 Å². The van der Waals surface area contributed by atoms with E-state index in [9.17, 15) is 4.79 Å². The fourth-order valence-electron chi connectivity index (χ4n) is 1.53. The Kier molecular flexibility index (Phi) is 5.36. The van der Waals surface area contributed by atoms with Crippen molar-refractivity contribution >= 4 is 17.3 Å². The molecule has 1 aromatic carbocycles. The molecule has 0 aliphatic heterocycles. The highest BCUT2D eigenvalue weighted by atomic mass is 16.5. The number of benzene rings is 1. The molecule has 1 amide bonds. The second kappa shape index (κ2) is 6.57. The Morgan fingerprint density at radius 1 is 1.37 bits per heavy atom. The average molecular weight is 264 g/mol. The first-order valence-electron chi connectivity index (χ1n) is 6.52. The van der Waals surface area contributed by atoms with Crippen molar-refractivity contribution in [1.82, 2.24) is 0 Å². The third-order valence-electron chi connectivity index (χ3n) is 2.71. The lowest BCUT2D eigenvalue weighted by atomic mass is 9.93. The number of carbonyl (C=O) groups excluding carboxylic acids is 1. The van der Waals surface area contributed by atoms with Crippen molar-refractivity contribution in [1.29, 1.82) is 0 Å². The minimum absolute atomic E-state index is 0.0589. The van der Waals surface area contributed by atoms with Crippen LogP contribution in [0.1, 0.15) is 32.8 Å². The summed E-state index contributed by atoms with van der Waals surface area (Å²) in [5.74, 6) is -0.176. The van der Waals surface area contributed by atoms with Gasteiger partial charge in [0.1, 0.15) is 6.61 Å². The van der Waals surface area contributed by atoms with Gasteiger partial charge >= 0.3 is 0 Å². The number of anilines is 2. The molecule has 106 valence electrons. The minimum Gasteiger partial charge on any atom is -0.397 e. The molecule has 0 atom stereocenters. The van der Waals surface area contributed by atoms with E-state index in [4.69, 9.17) is 10.5 Å². The van der Waals surface area contributed by atoms with Crippen molar-refractivity contribution < 1.29 is 9.53 Å². The summed E-state index contributed by atoms with van der Waals surface area (Å²) in [6.07, 6.45) is 0.924. The van der Waals surface area contributed by atoms with Crippen LogP contribution in [0.3, 0.4) is 0 Å². The molecule has 4 nitrogen and oxygen atoms in total. The summed E-state index contributed by atoms with van der Waals surface area (Å²) in [6, 6.07) is 5.54. The summed E-state index contributed by atoms with van der Waals surface area (Å²) in [5, 5.41) is 2.75. The van der Waals surface area contributed by atoms with Gasteiger partial charge in [0.2, 0.25) is 5.91 Å². The molecule has 19 heavy (non-hydrogen) atoms. The number of aryl methyl sites for hydroxylation is 1.